The number of ether oxygens (including phenoxy) is 1. The third kappa shape index (κ3) is 6.00. The van der Waals surface area contributed by atoms with E-state index in [9.17, 15) is 0 Å². The molecule has 1 saturated heterocycles. The average molecular weight is 527 g/mol. The maximum Gasteiger partial charge on any atom is 0.193 e. The van der Waals surface area contributed by atoms with Crippen LogP contribution in [0.1, 0.15) is 11.6 Å². The third-order valence-corrected chi connectivity index (χ3v) is 5.42. The van der Waals surface area contributed by atoms with Gasteiger partial charge in [-0.25, -0.2) is 0 Å². The molecule has 1 fully saturated rings. The Morgan fingerprint density at radius 1 is 1.20 bits per heavy atom. The van der Waals surface area contributed by atoms with Crippen molar-refractivity contribution in [2.24, 2.45) is 12.0 Å². The summed E-state index contributed by atoms with van der Waals surface area (Å²) in [6.45, 7) is 4.58. The van der Waals surface area contributed by atoms with Crippen LogP contribution in [-0.4, -0.2) is 86.5 Å². The van der Waals surface area contributed by atoms with Crippen LogP contribution in [0.4, 0.5) is 5.69 Å². The van der Waals surface area contributed by atoms with Crippen LogP contribution >= 0.6 is 24.0 Å². The topological polar surface area (TPSA) is 61.2 Å². The summed E-state index contributed by atoms with van der Waals surface area (Å²) in [4.78, 5) is 11.5. The van der Waals surface area contributed by atoms with Crippen molar-refractivity contribution in [2.45, 2.75) is 6.04 Å². The molecule has 0 saturated carbocycles. The van der Waals surface area contributed by atoms with Gasteiger partial charge < -0.3 is 24.8 Å². The standard InChI is InChI=1S/C21H33N7O.HI/c1-22-21(23-15-20(25(2)3)17-14-24-26(4)16-17)28-12-10-27(11-13-28)18-6-8-19(29-5)9-7-18;/h6-9,14,16,20H,10-13,15H2,1-5H3,(H,22,23);1H. The maximum absolute atomic E-state index is 5.26. The summed E-state index contributed by atoms with van der Waals surface area (Å²) in [5.74, 6) is 1.84. The number of methoxy groups -OCH3 is 1. The summed E-state index contributed by atoms with van der Waals surface area (Å²) in [6.07, 6.45) is 4.01. The lowest BCUT2D eigenvalue weighted by Gasteiger charge is -2.38. The Morgan fingerprint density at radius 3 is 2.37 bits per heavy atom. The van der Waals surface area contributed by atoms with E-state index in [2.05, 4.69) is 62.5 Å². The molecular weight excluding hydrogens is 493 g/mol. The van der Waals surface area contributed by atoms with E-state index in [-0.39, 0.29) is 30.0 Å². The van der Waals surface area contributed by atoms with Gasteiger partial charge in [0.25, 0.3) is 0 Å². The molecule has 9 heteroatoms. The van der Waals surface area contributed by atoms with Gasteiger partial charge in [-0.2, -0.15) is 5.10 Å². The van der Waals surface area contributed by atoms with E-state index in [4.69, 9.17) is 4.74 Å². The van der Waals surface area contributed by atoms with Gasteiger partial charge in [0.2, 0.25) is 0 Å². The first kappa shape index (κ1) is 24.3. The molecule has 1 atom stereocenters. The number of nitrogens with zero attached hydrogens (tertiary/aromatic N) is 6. The van der Waals surface area contributed by atoms with E-state index >= 15 is 0 Å². The molecule has 1 aliphatic rings. The number of anilines is 1. The maximum atomic E-state index is 5.26. The molecule has 3 rings (SSSR count). The summed E-state index contributed by atoms with van der Waals surface area (Å²) in [5.41, 5.74) is 2.43. The molecule has 2 aromatic rings. The van der Waals surface area contributed by atoms with Crippen molar-refractivity contribution >= 4 is 35.6 Å². The molecule has 166 valence electrons. The lowest BCUT2D eigenvalue weighted by molar-refractivity contribution is 0.292. The van der Waals surface area contributed by atoms with Crippen molar-refractivity contribution in [1.29, 1.82) is 0 Å². The first-order valence-electron chi connectivity index (χ1n) is 10.0. The van der Waals surface area contributed by atoms with E-state index < -0.39 is 0 Å². The number of likely N-dealkylation sites (N-methyl/N-ethyl adjacent to an activating group) is 1. The van der Waals surface area contributed by atoms with Crippen LogP contribution in [0.2, 0.25) is 0 Å². The zero-order valence-electron chi connectivity index (χ0n) is 18.6. The van der Waals surface area contributed by atoms with Crippen LogP contribution in [0.3, 0.4) is 0 Å². The van der Waals surface area contributed by atoms with Crippen molar-refractivity contribution in [2.75, 3.05) is 65.9 Å². The predicted molar refractivity (Wildman–Crippen MR) is 133 cm³/mol. The molecule has 0 bridgehead atoms. The highest BCUT2D eigenvalue weighted by atomic mass is 127. The molecule has 1 aromatic heterocycles. The SMILES string of the molecule is CN=C(NCC(c1cnn(C)c1)N(C)C)N1CCN(c2ccc(OC)cc2)CC1.I. The Hall–Kier alpha value is -2.01. The van der Waals surface area contributed by atoms with Crippen LogP contribution in [0.15, 0.2) is 41.7 Å². The first-order valence-corrected chi connectivity index (χ1v) is 10.0. The van der Waals surface area contributed by atoms with E-state index in [0.29, 0.717) is 0 Å². The van der Waals surface area contributed by atoms with E-state index in [1.54, 1.807) is 7.11 Å². The molecule has 0 spiro atoms. The monoisotopic (exact) mass is 527 g/mol. The number of guanidine groups is 1. The number of aryl methyl sites for hydroxylation is 1. The van der Waals surface area contributed by atoms with Crippen LogP contribution in [-0.2, 0) is 7.05 Å². The van der Waals surface area contributed by atoms with Gasteiger partial charge >= 0.3 is 0 Å². The molecule has 1 unspecified atom stereocenters. The van der Waals surface area contributed by atoms with Crippen molar-refractivity contribution < 1.29 is 4.74 Å². The van der Waals surface area contributed by atoms with Gasteiger partial charge in [0, 0.05) is 64.3 Å². The van der Waals surface area contributed by atoms with Crippen LogP contribution in [0, 0.1) is 0 Å². The zero-order valence-corrected chi connectivity index (χ0v) is 20.9. The molecule has 30 heavy (non-hydrogen) atoms. The summed E-state index contributed by atoms with van der Waals surface area (Å²) in [5, 5.41) is 7.87. The van der Waals surface area contributed by atoms with Gasteiger partial charge in [-0.05, 0) is 38.4 Å². The Labute approximate surface area is 196 Å². The van der Waals surface area contributed by atoms with Crippen molar-refractivity contribution in [1.82, 2.24) is 24.9 Å². The number of aliphatic imine (C=N–C) groups is 1. The van der Waals surface area contributed by atoms with Gasteiger partial charge in [-0.3, -0.25) is 9.67 Å². The number of rotatable bonds is 6. The fourth-order valence-corrected chi connectivity index (χ4v) is 3.70. The lowest BCUT2D eigenvalue weighted by atomic mass is 10.1. The van der Waals surface area contributed by atoms with E-state index in [0.717, 1.165) is 44.4 Å². The van der Waals surface area contributed by atoms with Gasteiger partial charge in [-0.15, -0.1) is 24.0 Å². The number of nitrogens with one attached hydrogen (secondary N) is 1. The average Bonchev–Trinajstić information content (AvgIpc) is 3.17. The Kier molecular flexibility index (Phi) is 9.22. The molecule has 0 aliphatic carbocycles. The minimum Gasteiger partial charge on any atom is -0.497 e. The minimum atomic E-state index is 0. The normalized spacial score (nSPS) is 15.7. The second-order valence-corrected chi connectivity index (χ2v) is 7.53. The number of piperazine rings is 1. The quantitative estimate of drug-likeness (QED) is 0.353. The molecule has 1 aliphatic heterocycles. The smallest absolute Gasteiger partial charge is 0.193 e. The number of hydrogen-bond acceptors (Lipinski definition) is 5. The molecule has 8 nitrogen and oxygen atoms in total. The van der Waals surface area contributed by atoms with E-state index in [1.807, 2.05) is 37.1 Å². The van der Waals surface area contributed by atoms with Crippen molar-refractivity contribution in [3.63, 3.8) is 0 Å². The van der Waals surface area contributed by atoms with E-state index in [1.165, 1.54) is 11.3 Å². The largest absolute Gasteiger partial charge is 0.497 e. The summed E-state index contributed by atoms with van der Waals surface area (Å²) in [7, 11) is 9.69. The van der Waals surface area contributed by atoms with Crippen LogP contribution in [0.5, 0.6) is 5.75 Å². The lowest BCUT2D eigenvalue weighted by Crippen LogP contribution is -2.53. The molecule has 0 amide bonds. The molecular formula is C21H34IN7O. The zero-order chi connectivity index (χ0) is 20.8. The van der Waals surface area contributed by atoms with Crippen LogP contribution in [0.25, 0.3) is 0 Å². The van der Waals surface area contributed by atoms with Crippen molar-refractivity contribution in [3.05, 3.63) is 42.2 Å². The number of hydrogen-bond donors (Lipinski definition) is 1. The fraction of sp³-hybridized carbons (Fsp3) is 0.524. The molecule has 1 aromatic carbocycles. The van der Waals surface area contributed by atoms with Gasteiger partial charge in [0.05, 0.1) is 19.3 Å². The molecule has 2 heterocycles. The first-order chi connectivity index (χ1) is 14.0. The van der Waals surface area contributed by atoms with Gasteiger partial charge in [0.15, 0.2) is 5.96 Å². The minimum absolute atomic E-state index is 0. The highest BCUT2D eigenvalue weighted by molar-refractivity contribution is 14.0. The predicted octanol–water partition coefficient (Wildman–Crippen LogP) is 2.05. The van der Waals surface area contributed by atoms with Gasteiger partial charge in [-0.1, -0.05) is 0 Å². The molecule has 1 N–H and O–H groups in total. The highest BCUT2D eigenvalue weighted by Gasteiger charge is 2.22. The second kappa shape index (κ2) is 11.4. The Balaban J connectivity index is 0.00000320. The highest BCUT2D eigenvalue weighted by Crippen LogP contribution is 2.21. The number of halogens is 1. The fourth-order valence-electron chi connectivity index (χ4n) is 3.70. The van der Waals surface area contributed by atoms with Crippen LogP contribution < -0.4 is 15.0 Å². The van der Waals surface area contributed by atoms with Crippen molar-refractivity contribution in [3.8, 4) is 5.75 Å². The summed E-state index contributed by atoms with van der Waals surface area (Å²) >= 11 is 0. The summed E-state index contributed by atoms with van der Waals surface area (Å²) < 4.78 is 7.10. The van der Waals surface area contributed by atoms with Gasteiger partial charge in [0.1, 0.15) is 5.75 Å². The second-order valence-electron chi connectivity index (χ2n) is 7.53. The Bertz CT molecular complexity index is 798. The Morgan fingerprint density at radius 2 is 1.87 bits per heavy atom. The third-order valence-electron chi connectivity index (χ3n) is 5.42. The number of benzene rings is 1. The summed E-state index contributed by atoms with van der Waals surface area (Å²) in [6, 6.07) is 8.51. The molecule has 0 radical (unpaired) electrons. The number of aromatic nitrogens is 2.